The molecule has 0 rings (SSSR count). The second-order valence-electron chi connectivity index (χ2n) is 16.3. The van der Waals surface area contributed by atoms with Crippen molar-refractivity contribution in [3.8, 4) is 0 Å². The van der Waals surface area contributed by atoms with E-state index in [0.717, 1.165) is 103 Å². The number of hydrogen-bond donors (Lipinski definition) is 0. The maximum atomic E-state index is 12.8. The molecule has 6 heteroatoms. The highest BCUT2D eigenvalue weighted by Crippen LogP contribution is 2.07. The van der Waals surface area contributed by atoms with Gasteiger partial charge in [0.25, 0.3) is 0 Å². The first-order chi connectivity index (χ1) is 35.0. The first-order valence-electron chi connectivity index (χ1n) is 26.6. The SMILES string of the molecule is CC/C=C\C/C=C\C/C=C\C/C=C\C/C=C\C/C=C\CCC(=O)OCC(COC(=O)C/C=C\C/C=C\C/C=C\C/C=C\C/C=C\CC)OC(=O)CC/C=C\C/C=C\C/C=C\C/C=C\C/C=C\C/C=C\CC. The normalized spacial score (nSPS) is 13.8. The second-order valence-corrected chi connectivity index (χ2v) is 16.3. The third-order valence-corrected chi connectivity index (χ3v) is 9.82. The highest BCUT2D eigenvalue weighted by Gasteiger charge is 2.19. The summed E-state index contributed by atoms with van der Waals surface area (Å²) in [5.74, 6) is -1.31. The molecule has 1 atom stereocenters. The van der Waals surface area contributed by atoms with Crippen LogP contribution < -0.4 is 0 Å². The summed E-state index contributed by atoms with van der Waals surface area (Å²) in [7, 11) is 0. The van der Waals surface area contributed by atoms with Crippen molar-refractivity contribution in [3.05, 3.63) is 207 Å². The van der Waals surface area contributed by atoms with E-state index < -0.39 is 24.0 Å². The van der Waals surface area contributed by atoms with E-state index in [1.165, 1.54) is 0 Å². The molecule has 0 aromatic heterocycles. The average Bonchev–Trinajstić information content (AvgIpc) is 3.37. The molecule has 6 nitrogen and oxygen atoms in total. The lowest BCUT2D eigenvalue weighted by Crippen LogP contribution is -2.30. The summed E-state index contributed by atoms with van der Waals surface area (Å²) in [6, 6.07) is 0. The van der Waals surface area contributed by atoms with Crippen molar-refractivity contribution in [2.45, 2.75) is 168 Å². The minimum atomic E-state index is -0.903. The molecule has 0 saturated carbocycles. The molecule has 0 aromatic rings. The van der Waals surface area contributed by atoms with Crippen molar-refractivity contribution in [1.29, 1.82) is 0 Å². The fourth-order valence-corrected chi connectivity index (χ4v) is 5.98. The molecule has 0 radical (unpaired) electrons. The lowest BCUT2D eigenvalue weighted by Gasteiger charge is -2.18. The van der Waals surface area contributed by atoms with Crippen LogP contribution in [-0.4, -0.2) is 37.2 Å². The van der Waals surface area contributed by atoms with Crippen LogP contribution in [0.1, 0.15) is 162 Å². The van der Waals surface area contributed by atoms with Crippen molar-refractivity contribution in [2.24, 2.45) is 0 Å². The van der Waals surface area contributed by atoms with Crippen LogP contribution in [0.15, 0.2) is 207 Å². The number of rotatable bonds is 44. The van der Waals surface area contributed by atoms with Crippen molar-refractivity contribution < 1.29 is 28.6 Å². The lowest BCUT2D eigenvalue weighted by molar-refractivity contribution is -0.166. The van der Waals surface area contributed by atoms with Crippen LogP contribution in [0.4, 0.5) is 0 Å². The van der Waals surface area contributed by atoms with Crippen LogP contribution in [0.2, 0.25) is 0 Å². The smallest absolute Gasteiger partial charge is 0.309 e. The van der Waals surface area contributed by atoms with Gasteiger partial charge in [-0.15, -0.1) is 0 Å². The molecular formula is C65H92O6. The third-order valence-electron chi connectivity index (χ3n) is 9.82. The van der Waals surface area contributed by atoms with Gasteiger partial charge in [0.15, 0.2) is 6.10 Å². The number of allylic oxidation sites excluding steroid dienone is 33. The van der Waals surface area contributed by atoms with Crippen LogP contribution in [0.25, 0.3) is 0 Å². The predicted octanol–water partition coefficient (Wildman–Crippen LogP) is 18.1. The molecule has 0 N–H and O–H groups in total. The average molecular weight is 969 g/mol. The predicted molar refractivity (Wildman–Crippen MR) is 306 cm³/mol. The Kier molecular flexibility index (Phi) is 51.8. The van der Waals surface area contributed by atoms with Gasteiger partial charge in [-0.1, -0.05) is 227 Å². The third kappa shape index (κ3) is 54.8. The van der Waals surface area contributed by atoms with Gasteiger partial charge in [-0.2, -0.15) is 0 Å². The van der Waals surface area contributed by atoms with E-state index in [1.54, 1.807) is 6.08 Å². The van der Waals surface area contributed by atoms with Gasteiger partial charge in [-0.05, 0) is 122 Å². The van der Waals surface area contributed by atoms with E-state index >= 15 is 0 Å². The summed E-state index contributed by atoms with van der Waals surface area (Å²) in [5.41, 5.74) is 0. The first-order valence-corrected chi connectivity index (χ1v) is 26.6. The van der Waals surface area contributed by atoms with Crippen molar-refractivity contribution in [2.75, 3.05) is 13.2 Å². The summed E-state index contributed by atoms with van der Waals surface area (Å²) < 4.78 is 16.5. The summed E-state index contributed by atoms with van der Waals surface area (Å²) in [4.78, 5) is 38.0. The Bertz CT molecular complexity index is 1830. The zero-order valence-corrected chi connectivity index (χ0v) is 44.1. The molecule has 0 amide bonds. The van der Waals surface area contributed by atoms with Gasteiger partial charge >= 0.3 is 17.9 Å². The second kappa shape index (κ2) is 56.6. The molecule has 0 aliphatic rings. The number of carbonyl (C=O) groups excluding carboxylic acids is 3. The lowest BCUT2D eigenvalue weighted by atomic mass is 10.2. The quantitative estimate of drug-likeness (QED) is 0.0344. The fraction of sp³-hybridized carbons (Fsp3) is 0.431. The van der Waals surface area contributed by atoms with Gasteiger partial charge in [0.2, 0.25) is 0 Å². The van der Waals surface area contributed by atoms with E-state index in [2.05, 4.69) is 191 Å². The van der Waals surface area contributed by atoms with E-state index in [1.807, 2.05) is 30.4 Å². The molecule has 0 aliphatic carbocycles. The largest absolute Gasteiger partial charge is 0.462 e. The van der Waals surface area contributed by atoms with Crippen molar-refractivity contribution in [3.63, 3.8) is 0 Å². The Balaban J connectivity index is 4.79. The van der Waals surface area contributed by atoms with Gasteiger partial charge in [0.05, 0.1) is 6.42 Å². The molecule has 1 unspecified atom stereocenters. The van der Waals surface area contributed by atoms with E-state index in [0.29, 0.717) is 19.3 Å². The molecule has 0 aromatic carbocycles. The summed E-state index contributed by atoms with van der Waals surface area (Å²) in [6.45, 7) is 6.03. The van der Waals surface area contributed by atoms with Gasteiger partial charge < -0.3 is 14.2 Å². The number of carbonyl (C=O) groups is 3. The Hall–Kier alpha value is -6.01. The highest BCUT2D eigenvalue weighted by atomic mass is 16.6. The summed E-state index contributed by atoms with van der Waals surface area (Å²) in [5, 5.41) is 0. The van der Waals surface area contributed by atoms with Crippen molar-refractivity contribution in [1.82, 2.24) is 0 Å². The molecule has 0 heterocycles. The molecular weight excluding hydrogens is 877 g/mol. The van der Waals surface area contributed by atoms with E-state index in [4.69, 9.17) is 14.2 Å². The number of hydrogen-bond acceptors (Lipinski definition) is 6. The zero-order valence-electron chi connectivity index (χ0n) is 44.1. The van der Waals surface area contributed by atoms with E-state index in [9.17, 15) is 14.4 Å². The summed E-state index contributed by atoms with van der Waals surface area (Å²) in [6.07, 6.45) is 88.6. The fourth-order valence-electron chi connectivity index (χ4n) is 5.98. The molecule has 0 saturated heterocycles. The van der Waals surface area contributed by atoms with Crippen LogP contribution in [0.5, 0.6) is 0 Å². The minimum Gasteiger partial charge on any atom is -0.462 e. The molecule has 0 aliphatic heterocycles. The molecule has 71 heavy (non-hydrogen) atoms. The van der Waals surface area contributed by atoms with Crippen LogP contribution in [0.3, 0.4) is 0 Å². The Morgan fingerprint density at radius 2 is 0.507 bits per heavy atom. The number of ether oxygens (including phenoxy) is 3. The first kappa shape index (κ1) is 65.0. The Morgan fingerprint density at radius 3 is 0.789 bits per heavy atom. The Labute approximate surface area is 432 Å². The van der Waals surface area contributed by atoms with Gasteiger partial charge in [-0.3, -0.25) is 14.4 Å². The topological polar surface area (TPSA) is 78.9 Å². The van der Waals surface area contributed by atoms with Crippen molar-refractivity contribution >= 4 is 17.9 Å². The van der Waals surface area contributed by atoms with Gasteiger partial charge in [-0.25, -0.2) is 0 Å². The van der Waals surface area contributed by atoms with Gasteiger partial charge in [0.1, 0.15) is 13.2 Å². The minimum absolute atomic E-state index is 0.0859. The standard InChI is InChI=1S/C65H92O6/c1-4-7-10-13-16-19-22-25-28-30-32-34-37-40-43-46-49-52-55-58-64(67)70-61-62(60-69-63(66)57-54-51-48-45-42-39-36-27-24-21-18-15-12-9-6-3)71-65(68)59-56-53-50-47-44-41-38-35-33-31-29-26-23-20-17-14-11-8-5-2/h7-12,16-21,25-29,32-36,40-45,49-54,62H,4-6,13-15,22-24,30-31,37-39,46-48,55-61H2,1-3H3/b10-7-,11-8-,12-9-,19-16-,20-17-,21-18-,28-25-,29-26-,34-32-,35-33-,36-27-,43-40-,44-41-,45-42-,52-49-,53-50-,54-51-. The van der Waals surface area contributed by atoms with E-state index in [-0.39, 0.29) is 32.5 Å². The molecule has 0 spiro atoms. The zero-order chi connectivity index (χ0) is 51.4. The van der Waals surface area contributed by atoms with Crippen LogP contribution in [0, 0.1) is 0 Å². The van der Waals surface area contributed by atoms with Crippen LogP contribution in [-0.2, 0) is 28.6 Å². The monoisotopic (exact) mass is 969 g/mol. The maximum absolute atomic E-state index is 12.8. The summed E-state index contributed by atoms with van der Waals surface area (Å²) >= 11 is 0. The molecule has 0 fully saturated rings. The Morgan fingerprint density at radius 1 is 0.282 bits per heavy atom. The van der Waals surface area contributed by atoms with Crippen LogP contribution >= 0.6 is 0 Å². The van der Waals surface area contributed by atoms with Gasteiger partial charge in [0, 0.05) is 12.8 Å². The maximum Gasteiger partial charge on any atom is 0.309 e. The number of esters is 3. The highest BCUT2D eigenvalue weighted by molar-refractivity contribution is 5.72. The molecule has 0 bridgehead atoms. The molecule has 388 valence electrons.